The smallest absolute Gasteiger partial charge is 0.316 e. The Labute approximate surface area is 104 Å². The molecule has 5 heteroatoms. The van der Waals surface area contributed by atoms with Gasteiger partial charge in [-0.25, -0.2) is 0 Å². The summed E-state index contributed by atoms with van der Waals surface area (Å²) >= 11 is 0. The second-order valence-corrected chi connectivity index (χ2v) is 4.00. The van der Waals surface area contributed by atoms with Gasteiger partial charge in [0.2, 0.25) is 0 Å². The number of hydrogen-bond acceptors (Lipinski definition) is 3. The Hall–Kier alpha value is -2.30. The minimum absolute atomic E-state index is 0.374. The lowest BCUT2D eigenvalue weighted by Crippen LogP contribution is -2.39. The third-order valence-electron chi connectivity index (χ3n) is 2.75. The standard InChI is InChI=1S/C13H14N2O3/c1-14-7-8-15(13(17)12(14)16)9-10-3-5-11(18-2)6-4-10/h3-8H,9H2,1-2H3. The molecule has 0 aliphatic rings. The molecular formula is C13H14N2O3. The molecule has 2 aromatic rings. The molecule has 0 N–H and O–H groups in total. The molecule has 94 valence electrons. The summed E-state index contributed by atoms with van der Waals surface area (Å²) in [7, 11) is 3.15. The number of rotatable bonds is 3. The van der Waals surface area contributed by atoms with Crippen LogP contribution in [0.4, 0.5) is 0 Å². The van der Waals surface area contributed by atoms with E-state index in [1.54, 1.807) is 26.6 Å². The van der Waals surface area contributed by atoms with E-state index in [9.17, 15) is 9.59 Å². The number of methoxy groups -OCH3 is 1. The van der Waals surface area contributed by atoms with Crippen LogP contribution in [0.2, 0.25) is 0 Å². The highest BCUT2D eigenvalue weighted by molar-refractivity contribution is 5.27. The maximum Gasteiger partial charge on any atom is 0.316 e. The van der Waals surface area contributed by atoms with Gasteiger partial charge in [0, 0.05) is 19.4 Å². The fourth-order valence-electron chi connectivity index (χ4n) is 1.64. The zero-order valence-corrected chi connectivity index (χ0v) is 10.3. The first-order chi connectivity index (χ1) is 8.61. The Morgan fingerprint density at radius 1 is 1.06 bits per heavy atom. The van der Waals surface area contributed by atoms with Crippen molar-refractivity contribution in [2.75, 3.05) is 7.11 Å². The second kappa shape index (κ2) is 4.91. The Morgan fingerprint density at radius 2 is 1.72 bits per heavy atom. The molecule has 1 aromatic carbocycles. The minimum Gasteiger partial charge on any atom is -0.497 e. The van der Waals surface area contributed by atoms with Gasteiger partial charge in [-0.15, -0.1) is 0 Å². The number of benzene rings is 1. The van der Waals surface area contributed by atoms with Crippen LogP contribution in [0, 0.1) is 0 Å². The summed E-state index contributed by atoms with van der Waals surface area (Å²) < 4.78 is 7.72. The molecule has 5 nitrogen and oxygen atoms in total. The van der Waals surface area contributed by atoms with E-state index in [0.717, 1.165) is 11.3 Å². The lowest BCUT2D eigenvalue weighted by Gasteiger charge is -2.07. The Bertz CT molecular complexity index is 653. The third-order valence-corrected chi connectivity index (χ3v) is 2.75. The largest absolute Gasteiger partial charge is 0.497 e. The number of aryl methyl sites for hydroxylation is 1. The van der Waals surface area contributed by atoms with Crippen molar-refractivity contribution in [1.82, 2.24) is 9.13 Å². The van der Waals surface area contributed by atoms with Crippen LogP contribution in [-0.4, -0.2) is 16.2 Å². The van der Waals surface area contributed by atoms with Gasteiger partial charge in [0.25, 0.3) is 0 Å². The van der Waals surface area contributed by atoms with E-state index in [4.69, 9.17) is 4.74 Å². The molecule has 1 heterocycles. The van der Waals surface area contributed by atoms with Gasteiger partial charge in [0.05, 0.1) is 13.7 Å². The van der Waals surface area contributed by atoms with Crippen molar-refractivity contribution in [3.63, 3.8) is 0 Å². The summed E-state index contributed by atoms with van der Waals surface area (Å²) in [4.78, 5) is 23.2. The molecule has 0 radical (unpaired) electrons. The summed E-state index contributed by atoms with van der Waals surface area (Å²) in [5.74, 6) is 0.759. The van der Waals surface area contributed by atoms with E-state index < -0.39 is 11.1 Å². The number of nitrogens with zero attached hydrogens (tertiary/aromatic N) is 2. The first-order valence-electron chi connectivity index (χ1n) is 5.51. The topological polar surface area (TPSA) is 53.2 Å². The first-order valence-corrected chi connectivity index (χ1v) is 5.51. The molecule has 0 aliphatic heterocycles. The highest BCUT2D eigenvalue weighted by Crippen LogP contribution is 2.11. The molecule has 0 spiro atoms. The molecule has 0 saturated heterocycles. The van der Waals surface area contributed by atoms with Gasteiger partial charge in [-0.05, 0) is 17.7 Å². The Morgan fingerprint density at radius 3 is 2.33 bits per heavy atom. The predicted octanol–water partition coefficient (Wildman–Crippen LogP) is 0.604. The van der Waals surface area contributed by atoms with Crippen molar-refractivity contribution < 1.29 is 4.74 Å². The van der Waals surface area contributed by atoms with Crippen LogP contribution < -0.4 is 15.9 Å². The van der Waals surface area contributed by atoms with Crippen LogP contribution in [0.25, 0.3) is 0 Å². The Kier molecular flexibility index (Phi) is 3.32. The molecule has 0 aliphatic carbocycles. The van der Waals surface area contributed by atoms with Gasteiger partial charge in [0.1, 0.15) is 5.75 Å². The van der Waals surface area contributed by atoms with Gasteiger partial charge in [-0.3, -0.25) is 9.59 Å². The van der Waals surface area contributed by atoms with Crippen LogP contribution in [-0.2, 0) is 13.6 Å². The summed E-state index contributed by atoms with van der Waals surface area (Å²) in [5.41, 5.74) is -0.104. The minimum atomic E-state index is -0.522. The molecule has 0 atom stereocenters. The van der Waals surface area contributed by atoms with E-state index in [-0.39, 0.29) is 0 Å². The fraction of sp³-hybridized carbons (Fsp3) is 0.231. The van der Waals surface area contributed by atoms with Crippen molar-refractivity contribution in [3.05, 3.63) is 62.9 Å². The fourth-order valence-corrected chi connectivity index (χ4v) is 1.64. The quantitative estimate of drug-likeness (QED) is 0.745. The van der Waals surface area contributed by atoms with E-state index in [2.05, 4.69) is 0 Å². The molecule has 0 fully saturated rings. The molecule has 0 bridgehead atoms. The van der Waals surface area contributed by atoms with E-state index >= 15 is 0 Å². The lowest BCUT2D eigenvalue weighted by molar-refractivity contribution is 0.414. The predicted molar refractivity (Wildman–Crippen MR) is 68.0 cm³/mol. The summed E-state index contributed by atoms with van der Waals surface area (Å²) in [6.45, 7) is 0.374. The lowest BCUT2D eigenvalue weighted by atomic mass is 10.2. The maximum atomic E-state index is 11.7. The van der Waals surface area contributed by atoms with Gasteiger partial charge >= 0.3 is 11.1 Å². The zero-order chi connectivity index (χ0) is 13.1. The van der Waals surface area contributed by atoms with Crippen LogP contribution in [0.15, 0.2) is 46.2 Å². The van der Waals surface area contributed by atoms with Crippen molar-refractivity contribution >= 4 is 0 Å². The number of hydrogen-bond donors (Lipinski definition) is 0. The van der Waals surface area contributed by atoms with Gasteiger partial charge in [-0.1, -0.05) is 12.1 Å². The average Bonchev–Trinajstić information content (AvgIpc) is 2.40. The van der Waals surface area contributed by atoms with Crippen molar-refractivity contribution in [3.8, 4) is 5.75 Å². The van der Waals surface area contributed by atoms with E-state index in [1.807, 2.05) is 24.3 Å². The molecule has 18 heavy (non-hydrogen) atoms. The summed E-state index contributed by atoms with van der Waals surface area (Å²) in [6.07, 6.45) is 3.18. The van der Waals surface area contributed by atoms with Gasteiger partial charge < -0.3 is 13.9 Å². The van der Waals surface area contributed by atoms with Crippen LogP contribution in [0.3, 0.4) is 0 Å². The monoisotopic (exact) mass is 246 g/mol. The SMILES string of the molecule is COc1ccc(Cn2ccn(C)c(=O)c2=O)cc1. The van der Waals surface area contributed by atoms with Crippen molar-refractivity contribution in [2.45, 2.75) is 6.54 Å². The van der Waals surface area contributed by atoms with Crippen LogP contribution >= 0.6 is 0 Å². The van der Waals surface area contributed by atoms with E-state index in [1.165, 1.54) is 9.13 Å². The molecule has 2 rings (SSSR count). The number of aromatic nitrogens is 2. The Balaban J connectivity index is 2.31. The second-order valence-electron chi connectivity index (χ2n) is 4.00. The zero-order valence-electron chi connectivity index (χ0n) is 10.3. The molecule has 1 aromatic heterocycles. The molecule has 0 unspecified atom stereocenters. The molecule has 0 amide bonds. The number of ether oxygens (including phenoxy) is 1. The third kappa shape index (κ3) is 2.34. The normalized spacial score (nSPS) is 10.3. The summed E-state index contributed by atoms with van der Waals surface area (Å²) in [5, 5.41) is 0. The highest BCUT2D eigenvalue weighted by atomic mass is 16.5. The van der Waals surface area contributed by atoms with Crippen molar-refractivity contribution in [2.24, 2.45) is 7.05 Å². The van der Waals surface area contributed by atoms with Crippen LogP contribution in [0.5, 0.6) is 5.75 Å². The molecule has 0 saturated carbocycles. The first kappa shape index (κ1) is 12.2. The highest BCUT2D eigenvalue weighted by Gasteiger charge is 2.03. The van der Waals surface area contributed by atoms with Crippen molar-refractivity contribution in [1.29, 1.82) is 0 Å². The molecular weight excluding hydrogens is 232 g/mol. The van der Waals surface area contributed by atoms with E-state index in [0.29, 0.717) is 6.54 Å². The van der Waals surface area contributed by atoms with Crippen LogP contribution in [0.1, 0.15) is 5.56 Å². The van der Waals surface area contributed by atoms with Gasteiger partial charge in [0.15, 0.2) is 0 Å². The average molecular weight is 246 g/mol. The van der Waals surface area contributed by atoms with Gasteiger partial charge in [-0.2, -0.15) is 0 Å². The summed E-state index contributed by atoms with van der Waals surface area (Å²) in [6, 6.07) is 7.37. The maximum absolute atomic E-state index is 11.7.